The normalized spacial score (nSPS) is 13.1. The highest BCUT2D eigenvalue weighted by molar-refractivity contribution is 6.21. The lowest BCUT2D eigenvalue weighted by Crippen LogP contribution is -2.28. The standard InChI is InChI=1S/C45H30/c1-3-16-31(17-4-1)43-37-24-7-9-26-39(37)44(40-27-10-8-25-38(40)43)32-18-15-21-34(30-32)45(33-19-5-2-6-20-33)41-28-13-11-22-35(41)36-23-12-14-29-42(36)45/h1-30H. The summed E-state index contributed by atoms with van der Waals surface area (Å²) in [5.74, 6) is 0. The minimum Gasteiger partial charge on any atom is -0.0622 e. The van der Waals surface area contributed by atoms with Crippen molar-refractivity contribution in [2.75, 3.05) is 0 Å². The number of benzene rings is 8. The fraction of sp³-hybridized carbons (Fsp3) is 0.0222. The third kappa shape index (κ3) is 3.73. The van der Waals surface area contributed by atoms with Gasteiger partial charge in [-0.1, -0.05) is 176 Å². The summed E-state index contributed by atoms with van der Waals surface area (Å²) in [6, 6.07) is 67.0. The van der Waals surface area contributed by atoms with Crippen molar-refractivity contribution in [1.82, 2.24) is 0 Å². The minimum absolute atomic E-state index is 0.431. The van der Waals surface area contributed by atoms with Gasteiger partial charge in [-0.2, -0.15) is 0 Å². The van der Waals surface area contributed by atoms with Crippen LogP contribution in [0, 0.1) is 0 Å². The molecule has 0 saturated heterocycles. The fourth-order valence-corrected chi connectivity index (χ4v) is 7.98. The topological polar surface area (TPSA) is 0 Å². The third-order valence-corrected chi connectivity index (χ3v) is 9.74. The van der Waals surface area contributed by atoms with Crippen molar-refractivity contribution in [3.8, 4) is 33.4 Å². The Morgan fingerprint density at radius 1 is 0.289 bits per heavy atom. The van der Waals surface area contributed by atoms with Crippen LogP contribution in [0.15, 0.2) is 182 Å². The molecule has 0 heterocycles. The van der Waals surface area contributed by atoms with Crippen molar-refractivity contribution in [3.63, 3.8) is 0 Å². The summed E-state index contributed by atoms with van der Waals surface area (Å²) in [5, 5.41) is 5.09. The maximum atomic E-state index is 2.46. The summed E-state index contributed by atoms with van der Waals surface area (Å²) in [4.78, 5) is 0. The van der Waals surface area contributed by atoms with Crippen LogP contribution in [0.5, 0.6) is 0 Å². The molecule has 8 aromatic carbocycles. The lowest BCUT2D eigenvalue weighted by atomic mass is 9.67. The van der Waals surface area contributed by atoms with Gasteiger partial charge in [-0.15, -0.1) is 0 Å². The molecule has 0 fully saturated rings. The van der Waals surface area contributed by atoms with Crippen LogP contribution in [0.4, 0.5) is 0 Å². The summed E-state index contributed by atoms with van der Waals surface area (Å²) in [7, 11) is 0. The van der Waals surface area contributed by atoms with E-state index in [2.05, 4.69) is 182 Å². The molecule has 1 aliphatic rings. The first-order valence-corrected chi connectivity index (χ1v) is 15.7. The number of fused-ring (bicyclic) bond motifs is 5. The highest BCUT2D eigenvalue weighted by Crippen LogP contribution is 2.56. The SMILES string of the molecule is c1ccc(-c2c3ccccc3c(-c3cccc(C4(c5ccccc5)c5ccccc5-c5ccccc54)c3)c3ccccc23)cc1. The molecule has 0 atom stereocenters. The first kappa shape index (κ1) is 25.7. The number of hydrogen-bond acceptors (Lipinski definition) is 0. The van der Waals surface area contributed by atoms with Gasteiger partial charge in [-0.05, 0) is 83.2 Å². The van der Waals surface area contributed by atoms with E-state index in [-0.39, 0.29) is 0 Å². The van der Waals surface area contributed by atoms with E-state index in [1.165, 1.54) is 77.2 Å². The smallest absolute Gasteiger partial charge is 0.0622 e. The van der Waals surface area contributed by atoms with Crippen molar-refractivity contribution < 1.29 is 0 Å². The van der Waals surface area contributed by atoms with Gasteiger partial charge in [0.1, 0.15) is 0 Å². The van der Waals surface area contributed by atoms with Crippen LogP contribution in [0.1, 0.15) is 22.3 Å². The summed E-state index contributed by atoms with van der Waals surface area (Å²) in [6.45, 7) is 0. The summed E-state index contributed by atoms with van der Waals surface area (Å²) in [5.41, 5.74) is 12.5. The van der Waals surface area contributed by atoms with Crippen LogP contribution in [-0.2, 0) is 5.41 Å². The second-order valence-electron chi connectivity index (χ2n) is 12.0. The van der Waals surface area contributed by atoms with E-state index >= 15 is 0 Å². The molecule has 8 aromatic rings. The van der Waals surface area contributed by atoms with Crippen LogP contribution in [0.3, 0.4) is 0 Å². The first-order chi connectivity index (χ1) is 22.4. The predicted octanol–water partition coefficient (Wildman–Crippen LogP) is 11.7. The van der Waals surface area contributed by atoms with Gasteiger partial charge in [-0.3, -0.25) is 0 Å². The van der Waals surface area contributed by atoms with E-state index < -0.39 is 5.41 Å². The van der Waals surface area contributed by atoms with Crippen molar-refractivity contribution in [1.29, 1.82) is 0 Å². The lowest BCUT2D eigenvalue weighted by molar-refractivity contribution is 0.769. The molecule has 0 heteroatoms. The molecule has 0 aromatic heterocycles. The molecule has 0 spiro atoms. The number of rotatable bonds is 4. The fourth-order valence-electron chi connectivity index (χ4n) is 7.98. The molecule has 0 N–H and O–H groups in total. The van der Waals surface area contributed by atoms with E-state index in [1.807, 2.05) is 0 Å². The van der Waals surface area contributed by atoms with E-state index in [0.717, 1.165) is 0 Å². The molecule has 45 heavy (non-hydrogen) atoms. The van der Waals surface area contributed by atoms with Crippen LogP contribution in [-0.4, -0.2) is 0 Å². The van der Waals surface area contributed by atoms with Crippen LogP contribution >= 0.6 is 0 Å². The molecule has 0 bridgehead atoms. The van der Waals surface area contributed by atoms with Crippen molar-refractivity contribution in [2.45, 2.75) is 5.41 Å². The van der Waals surface area contributed by atoms with Gasteiger partial charge < -0.3 is 0 Å². The quantitative estimate of drug-likeness (QED) is 0.185. The van der Waals surface area contributed by atoms with E-state index in [9.17, 15) is 0 Å². The van der Waals surface area contributed by atoms with Gasteiger partial charge in [-0.25, -0.2) is 0 Å². The summed E-state index contributed by atoms with van der Waals surface area (Å²) < 4.78 is 0. The highest BCUT2D eigenvalue weighted by atomic mass is 14.5. The van der Waals surface area contributed by atoms with Gasteiger partial charge in [0.25, 0.3) is 0 Å². The molecule has 0 radical (unpaired) electrons. The molecule has 1 aliphatic carbocycles. The zero-order chi connectivity index (χ0) is 29.8. The van der Waals surface area contributed by atoms with Crippen LogP contribution in [0.25, 0.3) is 54.9 Å². The van der Waals surface area contributed by atoms with E-state index in [1.54, 1.807) is 0 Å². The van der Waals surface area contributed by atoms with Gasteiger partial charge in [0, 0.05) is 0 Å². The minimum atomic E-state index is -0.431. The van der Waals surface area contributed by atoms with Gasteiger partial charge in [0.05, 0.1) is 5.41 Å². The Labute approximate surface area is 263 Å². The molecule has 0 aliphatic heterocycles. The predicted molar refractivity (Wildman–Crippen MR) is 190 cm³/mol. The Bertz CT molecular complexity index is 2260. The highest BCUT2D eigenvalue weighted by Gasteiger charge is 2.45. The number of hydrogen-bond donors (Lipinski definition) is 0. The van der Waals surface area contributed by atoms with Crippen molar-refractivity contribution in [2.24, 2.45) is 0 Å². The van der Waals surface area contributed by atoms with Crippen LogP contribution < -0.4 is 0 Å². The second-order valence-corrected chi connectivity index (χ2v) is 12.0. The first-order valence-electron chi connectivity index (χ1n) is 15.7. The monoisotopic (exact) mass is 570 g/mol. The van der Waals surface area contributed by atoms with Crippen molar-refractivity contribution in [3.05, 3.63) is 204 Å². The van der Waals surface area contributed by atoms with Gasteiger partial charge in [0.2, 0.25) is 0 Å². The Balaban J connectivity index is 1.38. The molecule has 210 valence electrons. The Kier molecular flexibility index (Phi) is 5.83. The van der Waals surface area contributed by atoms with Gasteiger partial charge >= 0.3 is 0 Å². The Hall–Kier alpha value is -5.72. The molecule has 0 saturated carbocycles. The van der Waals surface area contributed by atoms with Gasteiger partial charge in [0.15, 0.2) is 0 Å². The zero-order valence-corrected chi connectivity index (χ0v) is 24.8. The Morgan fingerprint density at radius 2 is 0.689 bits per heavy atom. The second kappa shape index (κ2) is 10.2. The largest absolute Gasteiger partial charge is 0.0713 e. The zero-order valence-electron chi connectivity index (χ0n) is 24.8. The molecule has 9 rings (SSSR count). The summed E-state index contributed by atoms with van der Waals surface area (Å²) in [6.07, 6.45) is 0. The van der Waals surface area contributed by atoms with Crippen LogP contribution in [0.2, 0.25) is 0 Å². The molecule has 0 nitrogen and oxygen atoms in total. The average molecular weight is 571 g/mol. The molecular weight excluding hydrogens is 540 g/mol. The van der Waals surface area contributed by atoms with E-state index in [4.69, 9.17) is 0 Å². The average Bonchev–Trinajstić information content (AvgIpc) is 3.42. The molecule has 0 unspecified atom stereocenters. The maximum Gasteiger partial charge on any atom is 0.0713 e. The van der Waals surface area contributed by atoms with Crippen molar-refractivity contribution >= 4 is 21.5 Å². The Morgan fingerprint density at radius 3 is 1.24 bits per heavy atom. The lowest BCUT2D eigenvalue weighted by Gasteiger charge is -2.34. The molecular formula is C45H30. The van der Waals surface area contributed by atoms with E-state index in [0.29, 0.717) is 0 Å². The summed E-state index contributed by atoms with van der Waals surface area (Å²) >= 11 is 0. The third-order valence-electron chi connectivity index (χ3n) is 9.74. The maximum absolute atomic E-state index is 2.46. The molecule has 0 amide bonds.